The van der Waals surface area contributed by atoms with Gasteiger partial charge in [-0.15, -0.1) is 0 Å². The number of nitrogens with one attached hydrogen (secondary N) is 1. The average molecular weight is 345 g/mol. The van der Waals surface area contributed by atoms with E-state index in [0.29, 0.717) is 11.5 Å². The van der Waals surface area contributed by atoms with Crippen LogP contribution in [0.5, 0.6) is 0 Å². The van der Waals surface area contributed by atoms with Gasteiger partial charge in [0.2, 0.25) is 5.91 Å². The molecule has 0 saturated carbocycles. The monoisotopic (exact) mass is 344 g/mol. The van der Waals surface area contributed by atoms with E-state index in [9.17, 15) is 18.0 Å². The number of rotatable bonds is 4. The van der Waals surface area contributed by atoms with Gasteiger partial charge in [0.15, 0.2) is 5.76 Å². The standard InChI is InChI=1S/C15H12ClF3N2O2/c1-9-6-11(23-21-9)8-20-14(22)5-3-10-2-4-13(16)12(7-10)15(17,18)19/h2-7H,8H2,1H3,(H,20,22)/b5-3+. The van der Waals surface area contributed by atoms with E-state index in [-0.39, 0.29) is 17.1 Å². The first-order valence-electron chi connectivity index (χ1n) is 6.50. The van der Waals surface area contributed by atoms with Crippen LogP contribution < -0.4 is 5.32 Å². The van der Waals surface area contributed by atoms with Gasteiger partial charge in [0, 0.05) is 12.1 Å². The number of hydrogen-bond acceptors (Lipinski definition) is 3. The van der Waals surface area contributed by atoms with E-state index in [1.54, 1.807) is 13.0 Å². The van der Waals surface area contributed by atoms with Gasteiger partial charge in [-0.1, -0.05) is 22.8 Å². The Labute approximate surface area is 134 Å². The molecule has 1 aromatic carbocycles. The molecule has 23 heavy (non-hydrogen) atoms. The molecule has 1 amide bonds. The summed E-state index contributed by atoms with van der Waals surface area (Å²) in [5.74, 6) is 0.0117. The predicted octanol–water partition coefficient (Wildman–Crippen LogP) is 3.98. The highest BCUT2D eigenvalue weighted by Crippen LogP contribution is 2.35. The number of benzene rings is 1. The Morgan fingerprint density at radius 2 is 2.13 bits per heavy atom. The summed E-state index contributed by atoms with van der Waals surface area (Å²) in [5, 5.41) is 5.81. The Kier molecular flexibility index (Phi) is 5.10. The zero-order chi connectivity index (χ0) is 17.0. The normalized spacial score (nSPS) is 11.9. The van der Waals surface area contributed by atoms with Crippen LogP contribution in [0.15, 0.2) is 34.9 Å². The molecule has 122 valence electrons. The molecule has 0 unspecified atom stereocenters. The molecule has 0 fully saturated rings. The lowest BCUT2D eigenvalue weighted by molar-refractivity contribution is -0.137. The Hall–Kier alpha value is -2.28. The maximum absolute atomic E-state index is 12.7. The fraction of sp³-hybridized carbons (Fsp3) is 0.200. The van der Waals surface area contributed by atoms with Crippen LogP contribution in [0.1, 0.15) is 22.6 Å². The lowest BCUT2D eigenvalue weighted by Gasteiger charge is -2.09. The summed E-state index contributed by atoms with van der Waals surface area (Å²) in [5.41, 5.74) is -0.0446. The van der Waals surface area contributed by atoms with Crippen molar-refractivity contribution in [1.29, 1.82) is 0 Å². The summed E-state index contributed by atoms with van der Waals surface area (Å²) in [6, 6.07) is 5.07. The van der Waals surface area contributed by atoms with Crippen molar-refractivity contribution >= 4 is 23.6 Å². The van der Waals surface area contributed by atoms with Crippen LogP contribution >= 0.6 is 11.6 Å². The van der Waals surface area contributed by atoms with Crippen molar-refractivity contribution in [3.63, 3.8) is 0 Å². The van der Waals surface area contributed by atoms with Gasteiger partial charge >= 0.3 is 6.18 Å². The van der Waals surface area contributed by atoms with E-state index in [0.717, 1.165) is 18.2 Å². The quantitative estimate of drug-likeness (QED) is 0.853. The average Bonchev–Trinajstić information content (AvgIpc) is 2.88. The van der Waals surface area contributed by atoms with Crippen LogP contribution in [0.2, 0.25) is 5.02 Å². The lowest BCUT2D eigenvalue weighted by Crippen LogP contribution is -2.19. The topological polar surface area (TPSA) is 55.1 Å². The molecule has 0 atom stereocenters. The van der Waals surface area contributed by atoms with Crippen molar-refractivity contribution in [1.82, 2.24) is 10.5 Å². The number of aryl methyl sites for hydroxylation is 1. The second-order valence-corrected chi connectivity index (χ2v) is 5.13. The maximum Gasteiger partial charge on any atom is 0.417 e. The molecule has 0 bridgehead atoms. The summed E-state index contributed by atoms with van der Waals surface area (Å²) in [4.78, 5) is 11.6. The minimum Gasteiger partial charge on any atom is -0.359 e. The smallest absolute Gasteiger partial charge is 0.359 e. The van der Waals surface area contributed by atoms with Gasteiger partial charge in [-0.25, -0.2) is 0 Å². The minimum absolute atomic E-state index is 0.137. The van der Waals surface area contributed by atoms with Crippen molar-refractivity contribution in [3.8, 4) is 0 Å². The predicted molar refractivity (Wildman–Crippen MR) is 78.6 cm³/mol. The number of aromatic nitrogens is 1. The Morgan fingerprint density at radius 1 is 1.39 bits per heavy atom. The molecule has 1 N–H and O–H groups in total. The highest BCUT2D eigenvalue weighted by atomic mass is 35.5. The Balaban J connectivity index is 2.00. The summed E-state index contributed by atoms with van der Waals surface area (Å²) in [6.07, 6.45) is -2.15. The van der Waals surface area contributed by atoms with Crippen LogP contribution in [-0.4, -0.2) is 11.1 Å². The summed E-state index contributed by atoms with van der Waals surface area (Å²) in [6.45, 7) is 1.88. The van der Waals surface area contributed by atoms with E-state index in [4.69, 9.17) is 16.1 Å². The number of nitrogens with zero attached hydrogens (tertiary/aromatic N) is 1. The highest BCUT2D eigenvalue weighted by Gasteiger charge is 2.33. The number of amides is 1. The molecular formula is C15H12ClF3N2O2. The van der Waals surface area contributed by atoms with Crippen LogP contribution in [0.25, 0.3) is 6.08 Å². The van der Waals surface area contributed by atoms with Gasteiger partial charge < -0.3 is 9.84 Å². The first kappa shape index (κ1) is 17.1. The van der Waals surface area contributed by atoms with Gasteiger partial charge in [0.1, 0.15) is 0 Å². The zero-order valence-electron chi connectivity index (χ0n) is 11.9. The van der Waals surface area contributed by atoms with Gasteiger partial charge in [0.05, 0.1) is 22.8 Å². The van der Waals surface area contributed by atoms with Crippen LogP contribution in [0.4, 0.5) is 13.2 Å². The third-order valence-electron chi connectivity index (χ3n) is 2.84. The second kappa shape index (κ2) is 6.87. The molecule has 0 aliphatic rings. The van der Waals surface area contributed by atoms with Crippen LogP contribution in [0, 0.1) is 6.92 Å². The van der Waals surface area contributed by atoms with E-state index in [1.807, 2.05) is 0 Å². The maximum atomic E-state index is 12.7. The third kappa shape index (κ3) is 4.85. The molecule has 0 spiro atoms. The number of carbonyl (C=O) groups is 1. The first-order valence-corrected chi connectivity index (χ1v) is 6.88. The van der Waals surface area contributed by atoms with Crippen molar-refractivity contribution in [2.75, 3.05) is 0 Å². The Morgan fingerprint density at radius 3 is 2.74 bits per heavy atom. The number of alkyl halides is 3. The van der Waals surface area contributed by atoms with E-state index < -0.39 is 17.6 Å². The lowest BCUT2D eigenvalue weighted by atomic mass is 10.1. The van der Waals surface area contributed by atoms with Gasteiger partial charge in [0.25, 0.3) is 0 Å². The van der Waals surface area contributed by atoms with Gasteiger partial charge in [-0.2, -0.15) is 13.2 Å². The molecule has 0 aliphatic heterocycles. The van der Waals surface area contributed by atoms with E-state index in [2.05, 4.69) is 10.5 Å². The SMILES string of the molecule is Cc1cc(CNC(=O)/C=C/c2ccc(Cl)c(C(F)(F)F)c2)on1. The molecule has 2 rings (SSSR count). The largest absolute Gasteiger partial charge is 0.417 e. The summed E-state index contributed by atoms with van der Waals surface area (Å²) < 4.78 is 43.1. The van der Waals surface area contributed by atoms with Crippen molar-refractivity contribution in [2.45, 2.75) is 19.6 Å². The molecule has 2 aromatic rings. The number of carbonyl (C=O) groups excluding carboxylic acids is 1. The van der Waals surface area contributed by atoms with Gasteiger partial charge in [-0.3, -0.25) is 4.79 Å². The fourth-order valence-electron chi connectivity index (χ4n) is 1.77. The van der Waals surface area contributed by atoms with Crippen molar-refractivity contribution < 1.29 is 22.5 Å². The molecule has 0 saturated heterocycles. The molecular weight excluding hydrogens is 333 g/mol. The zero-order valence-corrected chi connectivity index (χ0v) is 12.7. The van der Waals surface area contributed by atoms with Gasteiger partial charge in [-0.05, 0) is 30.7 Å². The summed E-state index contributed by atoms with van der Waals surface area (Å²) >= 11 is 5.52. The molecule has 8 heteroatoms. The first-order chi connectivity index (χ1) is 10.8. The fourth-order valence-corrected chi connectivity index (χ4v) is 1.99. The molecule has 1 heterocycles. The Bertz CT molecular complexity index is 739. The highest BCUT2D eigenvalue weighted by molar-refractivity contribution is 6.31. The molecule has 0 radical (unpaired) electrons. The van der Waals surface area contributed by atoms with Crippen LogP contribution in [-0.2, 0) is 17.5 Å². The second-order valence-electron chi connectivity index (χ2n) is 4.72. The van der Waals surface area contributed by atoms with E-state index >= 15 is 0 Å². The van der Waals surface area contributed by atoms with Crippen molar-refractivity contribution in [3.05, 3.63) is 57.9 Å². The summed E-state index contributed by atoms with van der Waals surface area (Å²) in [7, 11) is 0. The number of halogens is 4. The molecule has 0 aliphatic carbocycles. The molecule has 1 aromatic heterocycles. The molecule has 4 nitrogen and oxygen atoms in total. The third-order valence-corrected chi connectivity index (χ3v) is 3.17. The number of hydrogen-bond donors (Lipinski definition) is 1. The van der Waals surface area contributed by atoms with Crippen molar-refractivity contribution in [2.24, 2.45) is 0 Å². The van der Waals surface area contributed by atoms with E-state index in [1.165, 1.54) is 12.1 Å². The van der Waals surface area contributed by atoms with Crippen LogP contribution in [0.3, 0.4) is 0 Å². The minimum atomic E-state index is -4.55.